The number of hydrogen-bond acceptors (Lipinski definition) is 3. The molecule has 0 spiro atoms. The highest BCUT2D eigenvalue weighted by Gasteiger charge is 2.35. The lowest BCUT2D eigenvalue weighted by atomic mass is 9.88. The predicted molar refractivity (Wildman–Crippen MR) is 81.9 cm³/mol. The van der Waals surface area contributed by atoms with Gasteiger partial charge in [0.25, 0.3) is 0 Å². The summed E-state index contributed by atoms with van der Waals surface area (Å²) in [5, 5.41) is 3.35. The minimum absolute atomic E-state index is 0.0285. The molecule has 1 N–H and O–H groups in total. The molecule has 4 heteroatoms. The fourth-order valence-corrected chi connectivity index (χ4v) is 3.31. The molecular formula is C17H24N2O2. The summed E-state index contributed by atoms with van der Waals surface area (Å²) in [6.07, 6.45) is 2.87. The van der Waals surface area contributed by atoms with E-state index >= 15 is 0 Å². The normalized spacial score (nSPS) is 27.1. The summed E-state index contributed by atoms with van der Waals surface area (Å²) >= 11 is 0. The van der Waals surface area contributed by atoms with Gasteiger partial charge < -0.3 is 15.0 Å². The first-order chi connectivity index (χ1) is 10.4. The van der Waals surface area contributed by atoms with Gasteiger partial charge >= 0.3 is 0 Å². The van der Waals surface area contributed by atoms with Gasteiger partial charge in [0.05, 0.1) is 12.0 Å². The molecule has 2 saturated heterocycles. The van der Waals surface area contributed by atoms with Gasteiger partial charge in [0.1, 0.15) is 0 Å². The molecule has 2 unspecified atom stereocenters. The third-order valence-corrected chi connectivity index (χ3v) is 4.42. The molecule has 2 aliphatic rings. The van der Waals surface area contributed by atoms with Crippen molar-refractivity contribution in [1.82, 2.24) is 10.2 Å². The Balaban J connectivity index is 1.75. The summed E-state index contributed by atoms with van der Waals surface area (Å²) in [6.45, 7) is 4.34. The van der Waals surface area contributed by atoms with Gasteiger partial charge in [0.15, 0.2) is 0 Å². The number of carbonyl (C=O) groups is 1. The van der Waals surface area contributed by atoms with E-state index in [-0.39, 0.29) is 17.9 Å². The topological polar surface area (TPSA) is 41.6 Å². The Morgan fingerprint density at radius 2 is 2.00 bits per heavy atom. The van der Waals surface area contributed by atoms with Crippen LogP contribution in [0, 0.1) is 5.92 Å². The number of carbonyl (C=O) groups excluding carboxylic acids is 1. The summed E-state index contributed by atoms with van der Waals surface area (Å²) < 4.78 is 5.96. The molecule has 2 atom stereocenters. The van der Waals surface area contributed by atoms with Crippen molar-refractivity contribution >= 4 is 5.91 Å². The highest BCUT2D eigenvalue weighted by molar-refractivity contribution is 5.79. The molecule has 1 aromatic rings. The monoisotopic (exact) mass is 288 g/mol. The van der Waals surface area contributed by atoms with Gasteiger partial charge in [-0.1, -0.05) is 30.3 Å². The van der Waals surface area contributed by atoms with Crippen LogP contribution in [-0.2, 0) is 9.53 Å². The van der Waals surface area contributed by atoms with Crippen molar-refractivity contribution in [3.05, 3.63) is 35.9 Å². The van der Waals surface area contributed by atoms with Gasteiger partial charge in [-0.15, -0.1) is 0 Å². The maximum absolute atomic E-state index is 12.9. The van der Waals surface area contributed by atoms with Gasteiger partial charge in [-0.3, -0.25) is 4.79 Å². The zero-order valence-corrected chi connectivity index (χ0v) is 12.5. The number of nitrogens with one attached hydrogen (secondary N) is 1. The van der Waals surface area contributed by atoms with Crippen LogP contribution < -0.4 is 5.32 Å². The molecule has 2 fully saturated rings. The van der Waals surface area contributed by atoms with E-state index in [0.717, 1.165) is 57.6 Å². The SMILES string of the molecule is O=C(C1CCCOC1c1ccccc1)N1CCCNCC1. The molecule has 1 amide bonds. The lowest BCUT2D eigenvalue weighted by molar-refractivity contribution is -0.145. The van der Waals surface area contributed by atoms with Gasteiger partial charge in [-0.25, -0.2) is 0 Å². The first kappa shape index (κ1) is 14.5. The van der Waals surface area contributed by atoms with Crippen LogP contribution in [0.2, 0.25) is 0 Å². The Labute approximate surface area is 126 Å². The van der Waals surface area contributed by atoms with Crippen LogP contribution in [0.15, 0.2) is 30.3 Å². The van der Waals surface area contributed by atoms with Crippen LogP contribution in [0.1, 0.15) is 30.9 Å². The van der Waals surface area contributed by atoms with E-state index in [9.17, 15) is 4.79 Å². The third kappa shape index (κ3) is 3.44. The highest BCUT2D eigenvalue weighted by Crippen LogP contribution is 2.34. The van der Waals surface area contributed by atoms with E-state index < -0.39 is 0 Å². The second-order valence-corrected chi connectivity index (χ2v) is 5.88. The maximum Gasteiger partial charge on any atom is 0.228 e. The van der Waals surface area contributed by atoms with Crippen LogP contribution in [0.3, 0.4) is 0 Å². The van der Waals surface area contributed by atoms with E-state index in [4.69, 9.17) is 4.74 Å². The van der Waals surface area contributed by atoms with Crippen LogP contribution in [0.25, 0.3) is 0 Å². The second-order valence-electron chi connectivity index (χ2n) is 5.88. The molecule has 2 aliphatic heterocycles. The van der Waals surface area contributed by atoms with Crippen LogP contribution in [-0.4, -0.2) is 43.6 Å². The fourth-order valence-electron chi connectivity index (χ4n) is 3.31. The molecule has 4 nitrogen and oxygen atoms in total. The predicted octanol–water partition coefficient (Wildman–Crippen LogP) is 1.98. The number of hydrogen-bond donors (Lipinski definition) is 1. The van der Waals surface area contributed by atoms with E-state index in [1.807, 2.05) is 23.1 Å². The molecule has 1 aromatic carbocycles. The molecule has 0 aromatic heterocycles. The van der Waals surface area contributed by atoms with E-state index in [2.05, 4.69) is 17.4 Å². The molecule has 0 saturated carbocycles. The van der Waals surface area contributed by atoms with Crippen molar-refractivity contribution in [1.29, 1.82) is 0 Å². The number of ether oxygens (including phenoxy) is 1. The lowest BCUT2D eigenvalue weighted by Gasteiger charge is -2.34. The fraction of sp³-hybridized carbons (Fsp3) is 0.588. The Kier molecular flexibility index (Phi) is 4.88. The minimum Gasteiger partial charge on any atom is -0.373 e. The molecule has 114 valence electrons. The largest absolute Gasteiger partial charge is 0.373 e. The summed E-state index contributed by atoms with van der Waals surface area (Å²) in [7, 11) is 0. The summed E-state index contributed by atoms with van der Waals surface area (Å²) in [6, 6.07) is 10.2. The summed E-state index contributed by atoms with van der Waals surface area (Å²) in [5.41, 5.74) is 1.13. The Hall–Kier alpha value is -1.39. The molecular weight excluding hydrogens is 264 g/mol. The van der Waals surface area contributed by atoms with E-state index in [1.165, 1.54) is 0 Å². The lowest BCUT2D eigenvalue weighted by Crippen LogP contribution is -2.42. The zero-order chi connectivity index (χ0) is 14.5. The molecule has 3 rings (SSSR count). The average molecular weight is 288 g/mol. The molecule has 0 radical (unpaired) electrons. The number of benzene rings is 1. The van der Waals surface area contributed by atoms with Gasteiger partial charge in [-0.05, 0) is 31.4 Å². The molecule has 2 heterocycles. The van der Waals surface area contributed by atoms with Crippen LogP contribution >= 0.6 is 0 Å². The van der Waals surface area contributed by atoms with E-state index in [1.54, 1.807) is 0 Å². The van der Waals surface area contributed by atoms with E-state index in [0.29, 0.717) is 0 Å². The highest BCUT2D eigenvalue weighted by atomic mass is 16.5. The maximum atomic E-state index is 12.9. The molecule has 0 aliphatic carbocycles. The van der Waals surface area contributed by atoms with Crippen molar-refractivity contribution < 1.29 is 9.53 Å². The Morgan fingerprint density at radius 3 is 2.86 bits per heavy atom. The minimum atomic E-state index is -0.0799. The molecule has 0 bridgehead atoms. The van der Waals surface area contributed by atoms with Gasteiger partial charge in [0.2, 0.25) is 5.91 Å². The zero-order valence-electron chi connectivity index (χ0n) is 12.5. The standard InChI is InChI=1S/C17H24N2O2/c20-17(19-11-5-9-18-10-12-19)15-8-4-13-21-16(15)14-6-2-1-3-7-14/h1-3,6-7,15-16,18H,4-5,8-13H2. The van der Waals surface area contributed by atoms with Gasteiger partial charge in [0, 0.05) is 26.2 Å². The van der Waals surface area contributed by atoms with Crippen LogP contribution in [0.5, 0.6) is 0 Å². The summed E-state index contributed by atoms with van der Waals surface area (Å²) in [4.78, 5) is 14.9. The smallest absolute Gasteiger partial charge is 0.228 e. The first-order valence-electron chi connectivity index (χ1n) is 8.02. The van der Waals surface area contributed by atoms with Crippen molar-refractivity contribution in [2.45, 2.75) is 25.4 Å². The number of amides is 1. The van der Waals surface area contributed by atoms with Crippen molar-refractivity contribution in [2.24, 2.45) is 5.92 Å². The average Bonchev–Trinajstić information content (AvgIpc) is 2.84. The second kappa shape index (κ2) is 7.05. The van der Waals surface area contributed by atoms with Crippen molar-refractivity contribution in [3.8, 4) is 0 Å². The quantitative estimate of drug-likeness (QED) is 0.905. The van der Waals surface area contributed by atoms with Crippen molar-refractivity contribution in [3.63, 3.8) is 0 Å². The Bertz CT molecular complexity index is 455. The third-order valence-electron chi connectivity index (χ3n) is 4.42. The molecule has 21 heavy (non-hydrogen) atoms. The Morgan fingerprint density at radius 1 is 1.14 bits per heavy atom. The first-order valence-corrected chi connectivity index (χ1v) is 8.02. The van der Waals surface area contributed by atoms with Gasteiger partial charge in [-0.2, -0.15) is 0 Å². The van der Waals surface area contributed by atoms with Crippen molar-refractivity contribution in [2.75, 3.05) is 32.8 Å². The number of rotatable bonds is 2. The number of nitrogens with zero attached hydrogens (tertiary/aromatic N) is 1. The van der Waals surface area contributed by atoms with Crippen LogP contribution in [0.4, 0.5) is 0 Å². The summed E-state index contributed by atoms with van der Waals surface area (Å²) in [5.74, 6) is 0.242.